The average molecular weight is 230 g/mol. The second-order valence-corrected chi connectivity index (χ2v) is 4.98. The van der Waals surface area contributed by atoms with E-state index >= 15 is 0 Å². The van der Waals surface area contributed by atoms with Gasteiger partial charge in [-0.05, 0) is 57.1 Å². The van der Waals surface area contributed by atoms with Crippen LogP contribution >= 0.6 is 0 Å². The van der Waals surface area contributed by atoms with Crippen molar-refractivity contribution in [1.82, 2.24) is 10.2 Å². The molecule has 0 amide bonds. The van der Waals surface area contributed by atoms with Crippen LogP contribution in [-0.4, -0.2) is 25.5 Å². The highest BCUT2D eigenvalue weighted by Gasteiger charge is 2.07. The number of allylic oxidation sites excluding steroid dienone is 1. The third kappa shape index (κ3) is 3.60. The van der Waals surface area contributed by atoms with Crippen LogP contribution in [0.25, 0.3) is 6.08 Å². The van der Waals surface area contributed by atoms with Crippen LogP contribution in [0.15, 0.2) is 30.0 Å². The molecule has 0 radical (unpaired) electrons. The first-order chi connectivity index (χ1) is 8.25. The summed E-state index contributed by atoms with van der Waals surface area (Å²) in [5, 5.41) is 3.51. The fraction of sp³-hybridized carbons (Fsp3) is 0.467. The molecule has 0 aliphatic carbocycles. The van der Waals surface area contributed by atoms with Crippen molar-refractivity contribution >= 4 is 6.08 Å². The van der Waals surface area contributed by atoms with E-state index in [4.69, 9.17) is 0 Å². The zero-order chi connectivity index (χ0) is 12.1. The molecule has 0 fully saturated rings. The number of nitrogens with one attached hydrogen (secondary N) is 1. The zero-order valence-corrected chi connectivity index (χ0v) is 10.9. The van der Waals surface area contributed by atoms with Crippen molar-refractivity contribution in [1.29, 1.82) is 0 Å². The minimum absolute atomic E-state index is 0.982. The van der Waals surface area contributed by atoms with Gasteiger partial charge in [0.15, 0.2) is 0 Å². The Labute approximate surface area is 104 Å². The van der Waals surface area contributed by atoms with E-state index in [0.717, 1.165) is 6.54 Å². The first kappa shape index (κ1) is 12.2. The summed E-state index contributed by atoms with van der Waals surface area (Å²) in [6, 6.07) is 8.62. The molecule has 0 bridgehead atoms. The van der Waals surface area contributed by atoms with Crippen LogP contribution in [0.1, 0.15) is 30.4 Å². The molecule has 92 valence electrons. The van der Waals surface area contributed by atoms with E-state index in [0.29, 0.717) is 0 Å². The SMILES string of the molecule is CN(C)CCCCC1=Cc2ccccc2CN1. The first-order valence-electron chi connectivity index (χ1n) is 6.43. The minimum atomic E-state index is 0.982. The van der Waals surface area contributed by atoms with Gasteiger partial charge in [0.2, 0.25) is 0 Å². The lowest BCUT2D eigenvalue weighted by Crippen LogP contribution is -2.18. The summed E-state index contributed by atoms with van der Waals surface area (Å²) >= 11 is 0. The summed E-state index contributed by atoms with van der Waals surface area (Å²) in [6.45, 7) is 2.17. The van der Waals surface area contributed by atoms with E-state index in [2.05, 4.69) is 54.7 Å². The molecule has 2 rings (SSSR count). The van der Waals surface area contributed by atoms with Crippen molar-refractivity contribution in [2.24, 2.45) is 0 Å². The molecule has 0 spiro atoms. The standard InChI is InChI=1S/C15H22N2/c1-17(2)10-6-5-9-15-11-13-7-3-4-8-14(13)12-16-15/h3-4,7-8,11,16H,5-6,9-10,12H2,1-2H3. The van der Waals surface area contributed by atoms with Crippen LogP contribution < -0.4 is 5.32 Å². The lowest BCUT2D eigenvalue weighted by atomic mass is 10.0. The van der Waals surface area contributed by atoms with Gasteiger partial charge in [-0.3, -0.25) is 0 Å². The molecule has 17 heavy (non-hydrogen) atoms. The van der Waals surface area contributed by atoms with Crippen molar-refractivity contribution in [3.8, 4) is 0 Å². The third-order valence-electron chi connectivity index (χ3n) is 3.19. The van der Waals surface area contributed by atoms with Crippen molar-refractivity contribution < 1.29 is 0 Å². The predicted octanol–water partition coefficient (Wildman–Crippen LogP) is 2.86. The molecule has 1 aromatic rings. The van der Waals surface area contributed by atoms with Crippen molar-refractivity contribution in [3.05, 3.63) is 41.1 Å². The summed E-state index contributed by atoms with van der Waals surface area (Å²) in [4.78, 5) is 2.25. The Morgan fingerprint density at radius 3 is 2.82 bits per heavy atom. The number of nitrogens with zero attached hydrogens (tertiary/aromatic N) is 1. The Kier molecular flexibility index (Phi) is 4.21. The van der Waals surface area contributed by atoms with Crippen LogP contribution in [0, 0.1) is 0 Å². The van der Waals surface area contributed by atoms with Gasteiger partial charge >= 0.3 is 0 Å². The van der Waals surface area contributed by atoms with Crippen molar-refractivity contribution in [2.45, 2.75) is 25.8 Å². The second-order valence-electron chi connectivity index (χ2n) is 4.98. The van der Waals surface area contributed by atoms with E-state index < -0.39 is 0 Å². The van der Waals surface area contributed by atoms with Gasteiger partial charge in [-0.2, -0.15) is 0 Å². The molecule has 0 unspecified atom stereocenters. The van der Waals surface area contributed by atoms with Crippen LogP contribution in [0.3, 0.4) is 0 Å². The second kappa shape index (κ2) is 5.87. The van der Waals surface area contributed by atoms with Gasteiger partial charge in [-0.15, -0.1) is 0 Å². The van der Waals surface area contributed by atoms with Crippen LogP contribution in [0.2, 0.25) is 0 Å². The van der Waals surface area contributed by atoms with Gasteiger partial charge in [0, 0.05) is 12.2 Å². The molecular weight excluding hydrogens is 208 g/mol. The average Bonchev–Trinajstić information content (AvgIpc) is 2.34. The number of fused-ring (bicyclic) bond motifs is 1. The number of hydrogen-bond acceptors (Lipinski definition) is 2. The molecule has 0 saturated heterocycles. The molecular formula is C15H22N2. The Balaban J connectivity index is 1.85. The fourth-order valence-corrected chi connectivity index (χ4v) is 2.19. The minimum Gasteiger partial charge on any atom is -0.384 e. The van der Waals surface area contributed by atoms with Crippen molar-refractivity contribution in [3.63, 3.8) is 0 Å². The monoisotopic (exact) mass is 230 g/mol. The molecule has 0 saturated carbocycles. The zero-order valence-electron chi connectivity index (χ0n) is 10.9. The number of benzene rings is 1. The quantitative estimate of drug-likeness (QED) is 0.782. The topological polar surface area (TPSA) is 15.3 Å². The molecule has 0 aromatic heterocycles. The van der Waals surface area contributed by atoms with E-state index in [9.17, 15) is 0 Å². The van der Waals surface area contributed by atoms with Crippen LogP contribution in [-0.2, 0) is 6.54 Å². The van der Waals surface area contributed by atoms with Crippen molar-refractivity contribution in [2.75, 3.05) is 20.6 Å². The highest BCUT2D eigenvalue weighted by molar-refractivity contribution is 5.58. The molecule has 2 nitrogen and oxygen atoms in total. The summed E-state index contributed by atoms with van der Waals surface area (Å²) in [5.41, 5.74) is 4.18. The molecule has 1 N–H and O–H groups in total. The van der Waals surface area contributed by atoms with Gasteiger partial charge in [0.1, 0.15) is 0 Å². The van der Waals surface area contributed by atoms with Gasteiger partial charge in [-0.25, -0.2) is 0 Å². The summed E-state index contributed by atoms with van der Waals surface area (Å²) in [6.07, 6.45) is 6.00. The summed E-state index contributed by atoms with van der Waals surface area (Å²) in [7, 11) is 4.27. The molecule has 2 heteroatoms. The smallest absolute Gasteiger partial charge is 0.0403 e. The van der Waals surface area contributed by atoms with E-state index in [1.54, 1.807) is 0 Å². The molecule has 0 atom stereocenters. The lowest BCUT2D eigenvalue weighted by Gasteiger charge is -2.19. The number of hydrogen-bond donors (Lipinski definition) is 1. The predicted molar refractivity (Wildman–Crippen MR) is 73.7 cm³/mol. The molecule has 1 aliphatic heterocycles. The largest absolute Gasteiger partial charge is 0.384 e. The Morgan fingerprint density at radius 2 is 2.00 bits per heavy atom. The number of unbranched alkanes of at least 4 members (excludes halogenated alkanes) is 1. The van der Waals surface area contributed by atoms with Gasteiger partial charge < -0.3 is 10.2 Å². The van der Waals surface area contributed by atoms with E-state index in [-0.39, 0.29) is 0 Å². The van der Waals surface area contributed by atoms with E-state index in [1.165, 1.54) is 42.6 Å². The van der Waals surface area contributed by atoms with Gasteiger partial charge in [-0.1, -0.05) is 24.3 Å². The van der Waals surface area contributed by atoms with Crippen LogP contribution in [0.4, 0.5) is 0 Å². The fourth-order valence-electron chi connectivity index (χ4n) is 2.19. The maximum Gasteiger partial charge on any atom is 0.0403 e. The molecule has 1 aromatic carbocycles. The van der Waals surface area contributed by atoms with Gasteiger partial charge in [0.25, 0.3) is 0 Å². The highest BCUT2D eigenvalue weighted by Crippen LogP contribution is 2.19. The number of rotatable bonds is 5. The summed E-state index contributed by atoms with van der Waals surface area (Å²) < 4.78 is 0. The Morgan fingerprint density at radius 1 is 1.18 bits per heavy atom. The maximum atomic E-state index is 3.51. The Bertz CT molecular complexity index is 394. The third-order valence-corrected chi connectivity index (χ3v) is 3.19. The highest BCUT2D eigenvalue weighted by atomic mass is 15.0. The molecule has 1 heterocycles. The lowest BCUT2D eigenvalue weighted by molar-refractivity contribution is 0.393. The molecule has 1 aliphatic rings. The maximum absolute atomic E-state index is 3.51. The van der Waals surface area contributed by atoms with E-state index in [1.807, 2.05) is 0 Å². The Hall–Kier alpha value is -1.28. The van der Waals surface area contributed by atoms with Gasteiger partial charge in [0.05, 0.1) is 0 Å². The normalized spacial score (nSPS) is 14.2. The summed E-state index contributed by atoms with van der Waals surface area (Å²) in [5.74, 6) is 0. The first-order valence-corrected chi connectivity index (χ1v) is 6.43. The van der Waals surface area contributed by atoms with Crippen LogP contribution in [0.5, 0.6) is 0 Å².